The van der Waals surface area contributed by atoms with Crippen LogP contribution >= 0.6 is 12.2 Å². The Bertz CT molecular complexity index is 938. The van der Waals surface area contributed by atoms with Crippen molar-refractivity contribution in [3.8, 4) is 16.9 Å². The smallest absolute Gasteiger partial charge is 0.257 e. The van der Waals surface area contributed by atoms with Gasteiger partial charge in [-0.25, -0.2) is 0 Å². The molecule has 0 radical (unpaired) electrons. The van der Waals surface area contributed by atoms with Gasteiger partial charge in [0.05, 0.1) is 5.69 Å². The molecule has 5 heteroatoms. The van der Waals surface area contributed by atoms with Crippen LogP contribution in [0.3, 0.4) is 0 Å². The number of carbonyl (C=O) groups excluding carboxylic acids is 1. The molecular weight excluding hydrogens is 344 g/mol. The number of amides is 1. The lowest BCUT2D eigenvalue weighted by molar-refractivity contribution is 0.0977. The summed E-state index contributed by atoms with van der Waals surface area (Å²) in [7, 11) is 0. The Kier molecular flexibility index (Phi) is 5.29. The number of aryl methyl sites for hydroxylation is 1. The second kappa shape index (κ2) is 7.80. The van der Waals surface area contributed by atoms with Crippen LogP contribution in [0.5, 0.6) is 5.75 Å². The molecule has 0 aliphatic rings. The maximum Gasteiger partial charge on any atom is 0.257 e. The molecule has 130 valence electrons. The van der Waals surface area contributed by atoms with Gasteiger partial charge in [0.25, 0.3) is 5.91 Å². The van der Waals surface area contributed by atoms with Gasteiger partial charge in [0.15, 0.2) is 5.11 Å². The lowest BCUT2D eigenvalue weighted by Gasteiger charge is -2.11. The van der Waals surface area contributed by atoms with Crippen LogP contribution in [0.1, 0.15) is 15.9 Å². The second-order valence-electron chi connectivity index (χ2n) is 5.87. The molecule has 4 nitrogen and oxygen atoms in total. The number of anilines is 1. The van der Waals surface area contributed by atoms with Crippen molar-refractivity contribution in [2.75, 3.05) is 5.32 Å². The fraction of sp³-hybridized carbons (Fsp3) is 0.0476. The topological polar surface area (TPSA) is 61.4 Å². The molecule has 3 aromatic carbocycles. The van der Waals surface area contributed by atoms with Crippen molar-refractivity contribution in [1.29, 1.82) is 0 Å². The van der Waals surface area contributed by atoms with Crippen LogP contribution in [-0.4, -0.2) is 16.1 Å². The first kappa shape index (κ1) is 17.6. The molecule has 1 amide bonds. The number of hydrogen-bond donors (Lipinski definition) is 3. The van der Waals surface area contributed by atoms with E-state index in [0.717, 1.165) is 16.7 Å². The summed E-state index contributed by atoms with van der Waals surface area (Å²) in [4.78, 5) is 12.3. The van der Waals surface area contributed by atoms with E-state index >= 15 is 0 Å². The summed E-state index contributed by atoms with van der Waals surface area (Å²) < 4.78 is 0. The third-order valence-corrected chi connectivity index (χ3v) is 4.09. The van der Waals surface area contributed by atoms with Gasteiger partial charge in [-0.1, -0.05) is 48.5 Å². The molecule has 0 atom stereocenters. The highest BCUT2D eigenvalue weighted by molar-refractivity contribution is 7.80. The van der Waals surface area contributed by atoms with E-state index in [1.165, 1.54) is 0 Å². The SMILES string of the molecule is Cc1ccc(NC(=S)NC(=O)c2ccc(-c3ccccc3)cc2)c(O)c1. The van der Waals surface area contributed by atoms with Gasteiger partial charge in [-0.15, -0.1) is 0 Å². The van der Waals surface area contributed by atoms with Crippen LogP contribution in [0.25, 0.3) is 11.1 Å². The number of rotatable bonds is 3. The van der Waals surface area contributed by atoms with E-state index in [1.807, 2.05) is 55.5 Å². The minimum Gasteiger partial charge on any atom is -0.506 e. The van der Waals surface area contributed by atoms with Gasteiger partial charge in [0, 0.05) is 5.56 Å². The maximum atomic E-state index is 12.3. The Morgan fingerprint density at radius 2 is 1.58 bits per heavy atom. The quantitative estimate of drug-likeness (QED) is 0.474. The van der Waals surface area contributed by atoms with E-state index in [0.29, 0.717) is 11.3 Å². The zero-order valence-electron chi connectivity index (χ0n) is 14.2. The molecule has 0 unspecified atom stereocenters. The highest BCUT2D eigenvalue weighted by Crippen LogP contribution is 2.23. The summed E-state index contributed by atoms with van der Waals surface area (Å²) in [6.07, 6.45) is 0. The van der Waals surface area contributed by atoms with Crippen LogP contribution in [0.2, 0.25) is 0 Å². The van der Waals surface area contributed by atoms with E-state index in [1.54, 1.807) is 24.3 Å². The van der Waals surface area contributed by atoms with Gasteiger partial charge >= 0.3 is 0 Å². The highest BCUT2D eigenvalue weighted by atomic mass is 32.1. The van der Waals surface area contributed by atoms with Crippen LogP contribution in [0.4, 0.5) is 5.69 Å². The summed E-state index contributed by atoms with van der Waals surface area (Å²) >= 11 is 5.15. The Morgan fingerprint density at radius 3 is 2.23 bits per heavy atom. The predicted octanol–water partition coefficient (Wildman–Crippen LogP) is 4.49. The van der Waals surface area contributed by atoms with Gasteiger partial charge in [-0.3, -0.25) is 10.1 Å². The molecule has 0 aromatic heterocycles. The summed E-state index contributed by atoms with van der Waals surface area (Å²) in [6, 6.07) is 22.4. The summed E-state index contributed by atoms with van der Waals surface area (Å²) in [5.41, 5.74) is 4.00. The van der Waals surface area contributed by atoms with Gasteiger partial charge in [-0.05, 0) is 60.1 Å². The molecular formula is C21H18N2O2S. The summed E-state index contributed by atoms with van der Waals surface area (Å²) in [5.74, 6) is -0.234. The molecule has 3 rings (SSSR count). The van der Waals surface area contributed by atoms with Gasteiger partial charge < -0.3 is 10.4 Å². The van der Waals surface area contributed by atoms with Crippen LogP contribution < -0.4 is 10.6 Å². The third-order valence-electron chi connectivity index (χ3n) is 3.88. The van der Waals surface area contributed by atoms with Gasteiger partial charge in [0.2, 0.25) is 0 Å². The van der Waals surface area contributed by atoms with Crippen molar-refractivity contribution >= 4 is 28.9 Å². The number of carbonyl (C=O) groups is 1. The van der Waals surface area contributed by atoms with Crippen molar-refractivity contribution in [2.45, 2.75) is 6.92 Å². The van der Waals surface area contributed by atoms with Crippen LogP contribution in [0.15, 0.2) is 72.8 Å². The zero-order chi connectivity index (χ0) is 18.5. The Labute approximate surface area is 157 Å². The molecule has 3 aromatic rings. The highest BCUT2D eigenvalue weighted by Gasteiger charge is 2.10. The summed E-state index contributed by atoms with van der Waals surface area (Å²) in [6.45, 7) is 1.88. The van der Waals surface area contributed by atoms with Crippen molar-refractivity contribution < 1.29 is 9.90 Å². The number of hydrogen-bond acceptors (Lipinski definition) is 3. The average Bonchev–Trinajstić information content (AvgIpc) is 2.65. The Balaban J connectivity index is 1.65. The lowest BCUT2D eigenvalue weighted by atomic mass is 10.0. The average molecular weight is 362 g/mol. The number of nitrogens with one attached hydrogen (secondary N) is 2. The first-order chi connectivity index (χ1) is 12.5. The Morgan fingerprint density at radius 1 is 0.923 bits per heavy atom. The molecule has 0 bridgehead atoms. The van der Waals surface area contributed by atoms with E-state index < -0.39 is 0 Å². The number of aromatic hydroxyl groups is 1. The minimum atomic E-state index is -0.311. The molecule has 0 spiro atoms. The number of phenolic OH excluding ortho intramolecular Hbond substituents is 1. The summed E-state index contributed by atoms with van der Waals surface area (Å²) in [5, 5.41) is 15.5. The Hall–Kier alpha value is -3.18. The molecule has 3 N–H and O–H groups in total. The van der Waals surface area contributed by atoms with Gasteiger partial charge in [0.1, 0.15) is 5.75 Å². The molecule has 0 saturated carbocycles. The largest absolute Gasteiger partial charge is 0.506 e. The first-order valence-electron chi connectivity index (χ1n) is 8.10. The van der Waals surface area contributed by atoms with Crippen molar-refractivity contribution in [1.82, 2.24) is 5.32 Å². The molecule has 26 heavy (non-hydrogen) atoms. The van der Waals surface area contributed by atoms with E-state index in [-0.39, 0.29) is 16.8 Å². The second-order valence-corrected chi connectivity index (χ2v) is 6.28. The lowest BCUT2D eigenvalue weighted by Crippen LogP contribution is -2.34. The fourth-order valence-electron chi connectivity index (χ4n) is 2.52. The van der Waals surface area contributed by atoms with Gasteiger partial charge in [-0.2, -0.15) is 0 Å². The number of thiocarbonyl (C=S) groups is 1. The van der Waals surface area contributed by atoms with Crippen LogP contribution in [-0.2, 0) is 0 Å². The molecule has 0 heterocycles. The fourth-order valence-corrected chi connectivity index (χ4v) is 2.72. The number of benzene rings is 3. The molecule has 0 aliphatic carbocycles. The predicted molar refractivity (Wildman–Crippen MR) is 108 cm³/mol. The number of phenols is 1. The zero-order valence-corrected chi connectivity index (χ0v) is 15.0. The van der Waals surface area contributed by atoms with Crippen molar-refractivity contribution in [3.63, 3.8) is 0 Å². The minimum absolute atomic E-state index is 0.0776. The molecule has 0 fully saturated rings. The van der Waals surface area contributed by atoms with E-state index in [2.05, 4.69) is 10.6 Å². The van der Waals surface area contributed by atoms with E-state index in [9.17, 15) is 9.90 Å². The standard InChI is InChI=1S/C21H18N2O2S/c1-14-7-12-18(19(24)13-14)22-21(26)23-20(25)17-10-8-16(9-11-17)15-5-3-2-4-6-15/h2-13,24H,1H3,(H2,22,23,25,26). The molecule has 0 aliphatic heterocycles. The van der Waals surface area contributed by atoms with Crippen LogP contribution in [0, 0.1) is 6.92 Å². The molecule has 0 saturated heterocycles. The first-order valence-corrected chi connectivity index (χ1v) is 8.51. The maximum absolute atomic E-state index is 12.3. The normalized spacial score (nSPS) is 10.2. The monoisotopic (exact) mass is 362 g/mol. The van der Waals surface area contributed by atoms with Crippen molar-refractivity contribution in [3.05, 3.63) is 83.9 Å². The third kappa shape index (κ3) is 4.26. The van der Waals surface area contributed by atoms with Crippen molar-refractivity contribution in [2.24, 2.45) is 0 Å². The van der Waals surface area contributed by atoms with E-state index in [4.69, 9.17) is 12.2 Å².